The molecule has 2 aromatic rings. The van der Waals surface area contributed by atoms with Crippen LogP contribution >= 0.6 is 0 Å². The van der Waals surface area contributed by atoms with Gasteiger partial charge in [-0.25, -0.2) is 9.50 Å². The zero-order valence-electron chi connectivity index (χ0n) is 12.4. The molecule has 3 atom stereocenters. The smallest absolute Gasteiger partial charge is 0.306 e. The van der Waals surface area contributed by atoms with Crippen molar-refractivity contribution in [3.63, 3.8) is 0 Å². The summed E-state index contributed by atoms with van der Waals surface area (Å²) in [6.45, 7) is 0. The van der Waals surface area contributed by atoms with Gasteiger partial charge in [-0.05, 0) is 18.9 Å². The van der Waals surface area contributed by atoms with Gasteiger partial charge in [0.2, 0.25) is 0 Å². The molecule has 3 heterocycles. The number of aromatic nitrogens is 3. The van der Waals surface area contributed by atoms with Crippen LogP contribution in [0.25, 0.3) is 5.65 Å². The van der Waals surface area contributed by atoms with E-state index in [9.17, 15) is 9.59 Å². The highest BCUT2D eigenvalue weighted by atomic mass is 16.6. The number of amides is 1. The van der Waals surface area contributed by atoms with Gasteiger partial charge in [0.15, 0.2) is 5.65 Å². The number of hydrogen-bond acceptors (Lipinski definition) is 5. The molecular weight excluding hydrogens is 296 g/mol. The predicted molar refractivity (Wildman–Crippen MR) is 78.8 cm³/mol. The highest BCUT2D eigenvalue weighted by Gasteiger charge is 2.50. The van der Waals surface area contributed by atoms with Crippen LogP contribution in [-0.2, 0) is 9.53 Å². The zero-order valence-corrected chi connectivity index (χ0v) is 12.4. The first kappa shape index (κ1) is 13.0. The molecule has 2 aromatic heterocycles. The summed E-state index contributed by atoms with van der Waals surface area (Å²) >= 11 is 0. The average Bonchev–Trinajstić information content (AvgIpc) is 3.20. The fourth-order valence-corrected chi connectivity index (χ4v) is 3.57. The molecule has 0 aromatic carbocycles. The van der Waals surface area contributed by atoms with Crippen LogP contribution < -0.4 is 5.32 Å². The van der Waals surface area contributed by atoms with E-state index < -0.39 is 0 Å². The van der Waals surface area contributed by atoms with Crippen molar-refractivity contribution < 1.29 is 14.3 Å². The Hall–Kier alpha value is -2.44. The van der Waals surface area contributed by atoms with Gasteiger partial charge < -0.3 is 10.1 Å². The van der Waals surface area contributed by atoms with Gasteiger partial charge in [-0.2, -0.15) is 5.10 Å². The van der Waals surface area contributed by atoms with Crippen molar-refractivity contribution in [2.24, 2.45) is 5.92 Å². The molecule has 118 valence electrons. The lowest BCUT2D eigenvalue weighted by atomic mass is 9.76. The highest BCUT2D eigenvalue weighted by molar-refractivity contribution is 5.93. The average molecular weight is 312 g/mol. The molecule has 0 radical (unpaired) electrons. The molecule has 7 heteroatoms. The van der Waals surface area contributed by atoms with Crippen molar-refractivity contribution in [3.8, 4) is 0 Å². The third-order valence-electron chi connectivity index (χ3n) is 5.09. The molecule has 1 aliphatic heterocycles. The minimum Gasteiger partial charge on any atom is -0.462 e. The molecule has 2 saturated carbocycles. The zero-order chi connectivity index (χ0) is 15.6. The monoisotopic (exact) mass is 312 g/mol. The van der Waals surface area contributed by atoms with E-state index in [1.807, 2.05) is 12.1 Å². The molecule has 1 saturated heterocycles. The second kappa shape index (κ2) is 4.53. The summed E-state index contributed by atoms with van der Waals surface area (Å²) in [5, 5.41) is 7.24. The van der Waals surface area contributed by atoms with Crippen molar-refractivity contribution in [2.75, 3.05) is 0 Å². The Labute approximate surface area is 132 Å². The Morgan fingerprint density at radius 2 is 2.26 bits per heavy atom. The summed E-state index contributed by atoms with van der Waals surface area (Å²) in [5.41, 5.74) is 2.18. The molecule has 3 aliphatic rings. The number of esters is 1. The Kier molecular flexibility index (Phi) is 2.57. The summed E-state index contributed by atoms with van der Waals surface area (Å²) in [6.07, 6.45) is 4.99. The molecule has 7 nitrogen and oxygen atoms in total. The third-order valence-corrected chi connectivity index (χ3v) is 5.09. The molecule has 1 N–H and O–H groups in total. The maximum Gasteiger partial charge on any atom is 0.306 e. The maximum absolute atomic E-state index is 12.7. The van der Waals surface area contributed by atoms with E-state index in [4.69, 9.17) is 4.74 Å². The van der Waals surface area contributed by atoms with Gasteiger partial charge in [0, 0.05) is 36.1 Å². The molecule has 3 fully saturated rings. The van der Waals surface area contributed by atoms with Gasteiger partial charge in [-0.15, -0.1) is 0 Å². The van der Waals surface area contributed by atoms with Crippen molar-refractivity contribution in [1.29, 1.82) is 0 Å². The Balaban J connectivity index is 1.42. The van der Waals surface area contributed by atoms with Gasteiger partial charge in [0.05, 0.1) is 12.6 Å². The minimum absolute atomic E-state index is 0.00195. The van der Waals surface area contributed by atoms with E-state index in [2.05, 4.69) is 15.4 Å². The minimum atomic E-state index is -0.161. The second-order valence-electron chi connectivity index (χ2n) is 6.65. The number of fused-ring (bicyclic) bond motifs is 2. The summed E-state index contributed by atoms with van der Waals surface area (Å²) in [6, 6.07) is 3.66. The van der Waals surface area contributed by atoms with Crippen LogP contribution in [0.3, 0.4) is 0 Å². The fourth-order valence-electron chi connectivity index (χ4n) is 3.57. The first-order valence-corrected chi connectivity index (χ1v) is 8.04. The van der Waals surface area contributed by atoms with E-state index in [1.54, 1.807) is 10.7 Å². The van der Waals surface area contributed by atoms with Crippen molar-refractivity contribution in [2.45, 2.75) is 43.7 Å². The summed E-state index contributed by atoms with van der Waals surface area (Å²) < 4.78 is 6.75. The number of nitrogens with one attached hydrogen (secondary N) is 1. The van der Waals surface area contributed by atoms with Gasteiger partial charge >= 0.3 is 5.97 Å². The van der Waals surface area contributed by atoms with Gasteiger partial charge in [0.25, 0.3) is 5.91 Å². The molecule has 0 spiro atoms. The third kappa shape index (κ3) is 2.03. The number of carbonyl (C=O) groups excluding carboxylic acids is 2. The van der Waals surface area contributed by atoms with Crippen LogP contribution in [0, 0.1) is 5.92 Å². The molecule has 1 amide bonds. The van der Waals surface area contributed by atoms with Crippen LogP contribution in [0.1, 0.15) is 47.8 Å². The topological polar surface area (TPSA) is 85.6 Å². The predicted octanol–water partition coefficient (Wildman–Crippen LogP) is 1.04. The molecule has 0 bridgehead atoms. The number of ether oxygens (including phenoxy) is 1. The maximum atomic E-state index is 12.7. The molecule has 23 heavy (non-hydrogen) atoms. The van der Waals surface area contributed by atoms with Crippen LogP contribution in [0.2, 0.25) is 0 Å². The normalized spacial score (nSPS) is 29.0. The van der Waals surface area contributed by atoms with E-state index in [0.29, 0.717) is 30.1 Å². The lowest BCUT2D eigenvalue weighted by Gasteiger charge is -2.38. The van der Waals surface area contributed by atoms with E-state index in [0.717, 1.165) is 18.5 Å². The number of carbonyl (C=O) groups is 2. The Morgan fingerprint density at radius 1 is 1.39 bits per heavy atom. The number of hydrogen-bond donors (Lipinski definition) is 1. The van der Waals surface area contributed by atoms with Gasteiger partial charge in [0.1, 0.15) is 11.8 Å². The summed E-state index contributed by atoms with van der Waals surface area (Å²) in [4.78, 5) is 28.6. The molecule has 0 unspecified atom stereocenters. The van der Waals surface area contributed by atoms with Gasteiger partial charge in [-0.1, -0.05) is 0 Å². The van der Waals surface area contributed by atoms with Crippen LogP contribution in [-0.4, -0.2) is 38.6 Å². The van der Waals surface area contributed by atoms with Gasteiger partial charge in [-0.3, -0.25) is 9.59 Å². The van der Waals surface area contributed by atoms with Crippen LogP contribution in [0.15, 0.2) is 18.3 Å². The fraction of sp³-hybridized carbons (Fsp3) is 0.500. The van der Waals surface area contributed by atoms with Crippen molar-refractivity contribution >= 4 is 17.5 Å². The lowest BCUT2D eigenvalue weighted by Crippen LogP contribution is -2.53. The highest BCUT2D eigenvalue weighted by Crippen LogP contribution is 2.40. The van der Waals surface area contributed by atoms with Crippen molar-refractivity contribution in [3.05, 3.63) is 29.7 Å². The standard InChI is InChI=1S/C16H16N4O3/c21-15-5-9-11(7-13(9)23-15)19-16(22)12-6-10(8-1-2-8)18-14-3-4-17-20(12)14/h3-4,6,8-9,11,13H,1-2,5,7H2,(H,19,22)/t9-,11+,13+/m0/s1. The Morgan fingerprint density at radius 3 is 3.04 bits per heavy atom. The van der Waals surface area contributed by atoms with Crippen LogP contribution in [0.4, 0.5) is 0 Å². The number of rotatable bonds is 3. The summed E-state index contributed by atoms with van der Waals surface area (Å²) in [5.74, 6) is 0.261. The van der Waals surface area contributed by atoms with Crippen LogP contribution in [0.5, 0.6) is 0 Å². The van der Waals surface area contributed by atoms with E-state index >= 15 is 0 Å². The first-order chi connectivity index (χ1) is 11.2. The second-order valence-corrected chi connectivity index (χ2v) is 6.65. The summed E-state index contributed by atoms with van der Waals surface area (Å²) in [7, 11) is 0. The quantitative estimate of drug-likeness (QED) is 0.856. The Bertz CT molecular complexity index is 826. The molecule has 2 aliphatic carbocycles. The largest absolute Gasteiger partial charge is 0.462 e. The van der Waals surface area contributed by atoms with E-state index in [1.165, 1.54) is 0 Å². The SMILES string of the molecule is O=C1C[C@H]2[C@H](NC(=O)c3cc(C4CC4)nc4ccnn34)C[C@H]2O1. The van der Waals surface area contributed by atoms with Crippen molar-refractivity contribution in [1.82, 2.24) is 19.9 Å². The lowest BCUT2D eigenvalue weighted by molar-refractivity contribution is -0.143. The first-order valence-electron chi connectivity index (χ1n) is 8.04. The molecule has 5 rings (SSSR count). The molecular formula is C16H16N4O3. The number of nitrogens with zero attached hydrogens (tertiary/aromatic N) is 3. The van der Waals surface area contributed by atoms with E-state index in [-0.39, 0.29) is 29.9 Å².